The third-order valence-corrected chi connectivity index (χ3v) is 5.97. The maximum atomic E-state index is 13.6. The first kappa shape index (κ1) is 21.0. The van der Waals surface area contributed by atoms with Crippen LogP contribution < -0.4 is 14.8 Å². The number of esters is 2. The molecule has 8 nitrogen and oxygen atoms in total. The average Bonchev–Trinajstić information content (AvgIpc) is 3.20. The van der Waals surface area contributed by atoms with Gasteiger partial charge in [-0.2, -0.15) is 0 Å². The quantitative estimate of drug-likeness (QED) is 0.578. The number of carbonyl (C=O) groups excluding carboxylic acids is 3. The minimum absolute atomic E-state index is 0.111. The molecule has 0 bridgehead atoms. The molecule has 8 heteroatoms. The lowest BCUT2D eigenvalue weighted by molar-refractivity contribution is -0.151. The maximum Gasteiger partial charge on any atom is 0.336 e. The molecule has 0 aromatic heterocycles. The Labute approximate surface area is 180 Å². The zero-order chi connectivity index (χ0) is 22.3. The number of nitrogens with one attached hydrogen (secondary N) is 1. The fourth-order valence-electron chi connectivity index (χ4n) is 4.59. The number of ketones is 1. The number of carbonyl (C=O) groups is 3. The summed E-state index contributed by atoms with van der Waals surface area (Å²) in [6.45, 7) is 5.67. The molecule has 3 atom stereocenters. The topological polar surface area (TPSA) is 100 Å². The second-order valence-electron chi connectivity index (χ2n) is 7.87. The fraction of sp³-hybridized carbons (Fsp3) is 0.435. The highest BCUT2D eigenvalue weighted by molar-refractivity contribution is 6.12. The van der Waals surface area contributed by atoms with Gasteiger partial charge in [-0.05, 0) is 43.9 Å². The second kappa shape index (κ2) is 8.09. The number of fused-ring (bicyclic) bond motifs is 1. The van der Waals surface area contributed by atoms with Crippen LogP contribution in [0.15, 0.2) is 40.7 Å². The highest BCUT2D eigenvalue weighted by Gasteiger charge is 2.47. The van der Waals surface area contributed by atoms with Crippen LogP contribution in [0.25, 0.3) is 0 Å². The largest absolute Gasteiger partial charge is 0.468 e. The molecule has 2 heterocycles. The standard InChI is InChI=1S/C23H25NO7/c1-5-29-23(27)18-12(3)24-14-8-11(2)17(22(26)28-4)21(25)20(14)19(18)13-6-7-15-16(9-13)31-10-30-15/h6-7,9,11,17,19,24H,5,8,10H2,1-4H3/t11-,17-,19+/m1/s1. The third kappa shape index (κ3) is 3.45. The van der Waals surface area contributed by atoms with E-state index >= 15 is 0 Å². The molecule has 1 aromatic carbocycles. The van der Waals surface area contributed by atoms with Crippen LogP contribution in [0.1, 0.15) is 38.7 Å². The van der Waals surface area contributed by atoms with Crippen molar-refractivity contribution >= 4 is 17.7 Å². The van der Waals surface area contributed by atoms with Crippen LogP contribution in [-0.4, -0.2) is 38.2 Å². The zero-order valence-electron chi connectivity index (χ0n) is 17.9. The summed E-state index contributed by atoms with van der Waals surface area (Å²) in [5, 5.41) is 3.23. The van der Waals surface area contributed by atoms with Gasteiger partial charge in [0.05, 0.1) is 19.3 Å². The average molecular weight is 427 g/mol. The Morgan fingerprint density at radius 2 is 1.97 bits per heavy atom. The van der Waals surface area contributed by atoms with Crippen LogP contribution in [0.4, 0.5) is 0 Å². The lowest BCUT2D eigenvalue weighted by Crippen LogP contribution is -2.43. The number of benzene rings is 1. The van der Waals surface area contributed by atoms with Gasteiger partial charge in [-0.3, -0.25) is 9.59 Å². The van der Waals surface area contributed by atoms with Gasteiger partial charge in [0.25, 0.3) is 0 Å². The highest BCUT2D eigenvalue weighted by atomic mass is 16.7. The van der Waals surface area contributed by atoms with E-state index in [9.17, 15) is 14.4 Å². The minimum atomic E-state index is -0.927. The summed E-state index contributed by atoms with van der Waals surface area (Å²) >= 11 is 0. The number of ether oxygens (including phenoxy) is 4. The van der Waals surface area contributed by atoms with Crippen LogP contribution in [0.2, 0.25) is 0 Å². The number of dihydropyridines is 1. The van der Waals surface area contributed by atoms with E-state index in [2.05, 4.69) is 5.32 Å². The third-order valence-electron chi connectivity index (χ3n) is 5.97. The number of Topliss-reactive ketones (excluding diaryl/α,β-unsaturated/α-hetero) is 1. The van der Waals surface area contributed by atoms with E-state index in [0.717, 1.165) is 0 Å². The van der Waals surface area contributed by atoms with E-state index in [1.165, 1.54) is 7.11 Å². The van der Waals surface area contributed by atoms with Gasteiger partial charge >= 0.3 is 11.9 Å². The summed E-state index contributed by atoms with van der Waals surface area (Å²) in [4.78, 5) is 38.9. The van der Waals surface area contributed by atoms with E-state index in [-0.39, 0.29) is 25.1 Å². The molecule has 0 spiro atoms. The van der Waals surface area contributed by atoms with Crippen molar-refractivity contribution in [3.8, 4) is 11.5 Å². The maximum absolute atomic E-state index is 13.6. The van der Waals surface area contributed by atoms with Crippen molar-refractivity contribution in [3.05, 3.63) is 46.3 Å². The van der Waals surface area contributed by atoms with E-state index in [1.54, 1.807) is 32.0 Å². The monoisotopic (exact) mass is 427 g/mol. The summed E-state index contributed by atoms with van der Waals surface area (Å²) < 4.78 is 21.1. The van der Waals surface area contributed by atoms with E-state index in [1.807, 2.05) is 6.92 Å². The Morgan fingerprint density at radius 3 is 2.68 bits per heavy atom. The molecule has 3 aliphatic rings. The Hall–Kier alpha value is -3.29. The van der Waals surface area contributed by atoms with Gasteiger partial charge in [0.1, 0.15) is 5.92 Å². The van der Waals surface area contributed by atoms with Crippen LogP contribution >= 0.6 is 0 Å². The SMILES string of the molecule is CCOC(=O)C1=C(C)NC2=C(C(=O)[C@H](C(=O)OC)[C@H](C)C2)[C@H]1c1ccc2c(c1)OCO2. The number of allylic oxidation sites excluding steroid dienone is 3. The summed E-state index contributed by atoms with van der Waals surface area (Å²) in [6, 6.07) is 5.33. The van der Waals surface area contributed by atoms with Crippen molar-refractivity contribution in [2.45, 2.75) is 33.1 Å². The molecule has 31 heavy (non-hydrogen) atoms. The molecule has 164 valence electrons. The normalized spacial score (nSPS) is 24.5. The van der Waals surface area contributed by atoms with Crippen molar-refractivity contribution < 1.29 is 33.3 Å². The Kier molecular flexibility index (Phi) is 5.47. The Morgan fingerprint density at radius 1 is 1.23 bits per heavy atom. The summed E-state index contributed by atoms with van der Waals surface area (Å²) in [5.41, 5.74) is 2.75. The van der Waals surface area contributed by atoms with E-state index in [4.69, 9.17) is 18.9 Å². The van der Waals surface area contributed by atoms with E-state index < -0.39 is 23.8 Å². The molecule has 1 N–H and O–H groups in total. The van der Waals surface area contributed by atoms with Crippen molar-refractivity contribution in [1.82, 2.24) is 5.32 Å². The molecule has 4 rings (SSSR count). The molecule has 0 saturated carbocycles. The van der Waals surface area contributed by atoms with Gasteiger partial charge in [-0.1, -0.05) is 13.0 Å². The predicted molar refractivity (Wildman–Crippen MR) is 109 cm³/mol. The lowest BCUT2D eigenvalue weighted by Gasteiger charge is -2.38. The predicted octanol–water partition coefficient (Wildman–Crippen LogP) is 2.59. The molecule has 0 fully saturated rings. The number of methoxy groups -OCH3 is 1. The minimum Gasteiger partial charge on any atom is -0.468 e. The summed E-state index contributed by atoms with van der Waals surface area (Å²) in [7, 11) is 1.27. The summed E-state index contributed by atoms with van der Waals surface area (Å²) in [6.07, 6.45) is 0.481. The van der Waals surface area contributed by atoms with Crippen LogP contribution in [0, 0.1) is 11.8 Å². The molecule has 0 radical (unpaired) electrons. The number of rotatable bonds is 4. The van der Waals surface area contributed by atoms with Crippen molar-refractivity contribution in [2.75, 3.05) is 20.5 Å². The van der Waals surface area contributed by atoms with Crippen LogP contribution in [0.5, 0.6) is 11.5 Å². The lowest BCUT2D eigenvalue weighted by atomic mass is 9.69. The molecular formula is C23H25NO7. The number of hydrogen-bond donors (Lipinski definition) is 1. The van der Waals surface area contributed by atoms with Crippen molar-refractivity contribution in [1.29, 1.82) is 0 Å². The molecule has 1 aromatic rings. The highest BCUT2D eigenvalue weighted by Crippen LogP contribution is 2.47. The fourth-order valence-corrected chi connectivity index (χ4v) is 4.59. The van der Waals surface area contributed by atoms with Gasteiger partial charge in [0.2, 0.25) is 6.79 Å². The van der Waals surface area contributed by atoms with Gasteiger partial charge in [-0.25, -0.2) is 4.79 Å². The zero-order valence-corrected chi connectivity index (χ0v) is 17.9. The smallest absolute Gasteiger partial charge is 0.336 e. The molecule has 1 aliphatic carbocycles. The second-order valence-corrected chi connectivity index (χ2v) is 7.87. The number of hydrogen-bond acceptors (Lipinski definition) is 8. The van der Waals surface area contributed by atoms with Gasteiger partial charge in [0.15, 0.2) is 17.3 Å². The van der Waals surface area contributed by atoms with Crippen LogP contribution in [0.3, 0.4) is 0 Å². The van der Waals surface area contributed by atoms with Gasteiger partial charge in [0, 0.05) is 22.9 Å². The first-order chi connectivity index (χ1) is 14.9. The molecule has 0 amide bonds. The molecule has 0 unspecified atom stereocenters. The van der Waals surface area contributed by atoms with Crippen LogP contribution in [-0.2, 0) is 23.9 Å². The molecular weight excluding hydrogens is 402 g/mol. The first-order valence-electron chi connectivity index (χ1n) is 10.3. The van der Waals surface area contributed by atoms with Gasteiger partial charge < -0.3 is 24.3 Å². The summed E-state index contributed by atoms with van der Waals surface area (Å²) in [5.74, 6) is -2.15. The van der Waals surface area contributed by atoms with Crippen molar-refractivity contribution in [3.63, 3.8) is 0 Å². The van der Waals surface area contributed by atoms with Crippen molar-refractivity contribution in [2.24, 2.45) is 11.8 Å². The van der Waals surface area contributed by atoms with E-state index in [0.29, 0.717) is 46.0 Å². The first-order valence-corrected chi connectivity index (χ1v) is 10.3. The molecule has 2 aliphatic heterocycles. The Balaban J connectivity index is 1.87. The van der Waals surface area contributed by atoms with Gasteiger partial charge in [-0.15, -0.1) is 0 Å². The Bertz CT molecular complexity index is 1020. The molecule has 0 saturated heterocycles.